The summed E-state index contributed by atoms with van der Waals surface area (Å²) in [5.74, 6) is 1.92. The second kappa shape index (κ2) is 7.07. The molecule has 3 rings (SSSR count). The van der Waals surface area contributed by atoms with Crippen LogP contribution in [0.5, 0.6) is 11.5 Å². The van der Waals surface area contributed by atoms with E-state index in [2.05, 4.69) is 10.2 Å². The number of fused-ring (bicyclic) bond motifs is 1. The van der Waals surface area contributed by atoms with E-state index in [9.17, 15) is 5.11 Å². The molecular formula is C18H28N2O3. The number of aryl methyl sites for hydroxylation is 1. The van der Waals surface area contributed by atoms with Crippen molar-refractivity contribution >= 4 is 0 Å². The largest absolute Gasteiger partial charge is 0.493 e. The van der Waals surface area contributed by atoms with E-state index in [0.29, 0.717) is 12.5 Å². The lowest BCUT2D eigenvalue weighted by atomic mass is 9.76. The van der Waals surface area contributed by atoms with Crippen molar-refractivity contribution in [3.05, 3.63) is 23.8 Å². The molecule has 2 atom stereocenters. The summed E-state index contributed by atoms with van der Waals surface area (Å²) in [5, 5.41) is 14.1. The van der Waals surface area contributed by atoms with Gasteiger partial charge in [-0.2, -0.15) is 0 Å². The van der Waals surface area contributed by atoms with E-state index in [1.54, 1.807) is 7.11 Å². The van der Waals surface area contributed by atoms with Crippen LogP contribution < -0.4 is 14.8 Å². The van der Waals surface area contributed by atoms with E-state index in [1.807, 2.05) is 25.1 Å². The number of ether oxygens (including phenoxy) is 2. The smallest absolute Gasteiger partial charge is 0.161 e. The molecule has 0 radical (unpaired) electrons. The number of rotatable bonds is 5. The van der Waals surface area contributed by atoms with Gasteiger partial charge in [0.2, 0.25) is 0 Å². The number of methoxy groups -OCH3 is 1. The number of hydrogen-bond donors (Lipinski definition) is 2. The highest BCUT2D eigenvalue weighted by atomic mass is 16.5. The van der Waals surface area contributed by atoms with Gasteiger partial charge in [0.05, 0.1) is 12.7 Å². The minimum atomic E-state index is -0.456. The number of nitrogens with one attached hydrogen (secondary N) is 1. The fourth-order valence-corrected chi connectivity index (χ4v) is 3.68. The fourth-order valence-electron chi connectivity index (χ4n) is 3.68. The maximum absolute atomic E-state index is 10.7. The first kappa shape index (κ1) is 16.6. The van der Waals surface area contributed by atoms with Gasteiger partial charge in [-0.05, 0) is 44.0 Å². The Morgan fingerprint density at radius 1 is 1.35 bits per heavy atom. The Morgan fingerprint density at radius 2 is 2.22 bits per heavy atom. The van der Waals surface area contributed by atoms with Gasteiger partial charge in [-0.3, -0.25) is 4.90 Å². The minimum absolute atomic E-state index is 0.332. The van der Waals surface area contributed by atoms with Gasteiger partial charge in [0.15, 0.2) is 11.5 Å². The summed E-state index contributed by atoms with van der Waals surface area (Å²) in [5.41, 5.74) is 0.706. The average molecular weight is 320 g/mol. The molecule has 0 saturated carbocycles. The molecule has 5 nitrogen and oxygen atoms in total. The Labute approximate surface area is 138 Å². The van der Waals surface area contributed by atoms with Gasteiger partial charge >= 0.3 is 0 Å². The highest BCUT2D eigenvalue weighted by Crippen LogP contribution is 2.33. The maximum atomic E-state index is 10.7. The van der Waals surface area contributed by atoms with Crippen LogP contribution in [0.1, 0.15) is 18.4 Å². The van der Waals surface area contributed by atoms with Crippen molar-refractivity contribution in [2.45, 2.75) is 25.4 Å². The van der Waals surface area contributed by atoms with Gasteiger partial charge in [0, 0.05) is 32.1 Å². The summed E-state index contributed by atoms with van der Waals surface area (Å²) >= 11 is 0. The van der Waals surface area contributed by atoms with Crippen LogP contribution >= 0.6 is 0 Å². The van der Waals surface area contributed by atoms with Crippen LogP contribution in [0.3, 0.4) is 0 Å². The molecule has 0 bridgehead atoms. The average Bonchev–Trinajstić information content (AvgIpc) is 2.56. The molecule has 0 aromatic heterocycles. The van der Waals surface area contributed by atoms with Crippen LogP contribution in [0.4, 0.5) is 0 Å². The van der Waals surface area contributed by atoms with E-state index >= 15 is 0 Å². The normalized spacial score (nSPS) is 28.2. The highest BCUT2D eigenvalue weighted by Gasteiger charge is 2.42. The Morgan fingerprint density at radius 3 is 3.04 bits per heavy atom. The van der Waals surface area contributed by atoms with E-state index in [4.69, 9.17) is 9.47 Å². The zero-order chi connectivity index (χ0) is 16.3. The second-order valence-corrected chi connectivity index (χ2v) is 6.81. The van der Waals surface area contributed by atoms with Crippen LogP contribution in [0.2, 0.25) is 0 Å². The van der Waals surface area contributed by atoms with Gasteiger partial charge < -0.3 is 19.9 Å². The standard InChI is InChI=1S/C18H28N2O3/c1-14-3-4-16(17(11-14)22-2)23-10-9-20-8-6-18(21)5-7-19-12-15(18)13-20/h3-4,11,15,19,21H,5-10,12-13H2,1-2H3/t15-,18-/m0/s1. The first-order chi connectivity index (χ1) is 11.1. The van der Waals surface area contributed by atoms with Gasteiger partial charge in [-0.1, -0.05) is 6.07 Å². The molecule has 128 valence electrons. The maximum Gasteiger partial charge on any atom is 0.161 e. The predicted octanol–water partition coefficient (Wildman–Crippen LogP) is 1.43. The zero-order valence-corrected chi connectivity index (χ0v) is 14.2. The summed E-state index contributed by atoms with van der Waals surface area (Å²) in [7, 11) is 1.67. The van der Waals surface area contributed by atoms with Crippen molar-refractivity contribution < 1.29 is 14.6 Å². The fraction of sp³-hybridized carbons (Fsp3) is 0.667. The molecule has 1 aromatic rings. The Bertz CT molecular complexity index is 537. The van der Waals surface area contributed by atoms with E-state index in [-0.39, 0.29) is 0 Å². The summed E-state index contributed by atoms with van der Waals surface area (Å²) in [6.45, 7) is 7.29. The lowest BCUT2D eigenvalue weighted by Crippen LogP contribution is -2.59. The Balaban J connectivity index is 1.50. The number of piperidine rings is 2. The topological polar surface area (TPSA) is 54.0 Å². The zero-order valence-electron chi connectivity index (χ0n) is 14.2. The minimum Gasteiger partial charge on any atom is -0.493 e. The van der Waals surface area contributed by atoms with Crippen molar-refractivity contribution in [1.82, 2.24) is 10.2 Å². The SMILES string of the molecule is COc1cc(C)ccc1OCCN1CC[C@@]2(O)CCNC[C@H]2C1. The summed E-state index contributed by atoms with van der Waals surface area (Å²) in [6, 6.07) is 5.99. The van der Waals surface area contributed by atoms with Gasteiger partial charge in [0.1, 0.15) is 6.61 Å². The molecule has 2 fully saturated rings. The lowest BCUT2D eigenvalue weighted by molar-refractivity contribution is -0.0895. The number of likely N-dealkylation sites (tertiary alicyclic amines) is 1. The molecule has 2 heterocycles. The molecule has 2 aliphatic heterocycles. The van der Waals surface area contributed by atoms with Crippen molar-refractivity contribution in [3.8, 4) is 11.5 Å². The van der Waals surface area contributed by atoms with Crippen LogP contribution in [-0.4, -0.2) is 62.0 Å². The van der Waals surface area contributed by atoms with E-state index in [0.717, 1.165) is 62.6 Å². The van der Waals surface area contributed by atoms with Crippen molar-refractivity contribution in [1.29, 1.82) is 0 Å². The van der Waals surface area contributed by atoms with Crippen molar-refractivity contribution in [2.75, 3.05) is 46.4 Å². The van der Waals surface area contributed by atoms with Crippen LogP contribution in [0.25, 0.3) is 0 Å². The molecule has 0 unspecified atom stereocenters. The number of benzene rings is 1. The second-order valence-electron chi connectivity index (χ2n) is 6.81. The third-order valence-corrected chi connectivity index (χ3v) is 5.21. The molecular weight excluding hydrogens is 292 g/mol. The van der Waals surface area contributed by atoms with E-state index < -0.39 is 5.60 Å². The molecule has 2 N–H and O–H groups in total. The molecule has 5 heteroatoms. The molecule has 2 aliphatic rings. The van der Waals surface area contributed by atoms with Crippen LogP contribution in [0.15, 0.2) is 18.2 Å². The van der Waals surface area contributed by atoms with Crippen LogP contribution in [0, 0.1) is 12.8 Å². The third kappa shape index (κ3) is 3.79. The summed E-state index contributed by atoms with van der Waals surface area (Å²) < 4.78 is 11.3. The molecule has 2 saturated heterocycles. The third-order valence-electron chi connectivity index (χ3n) is 5.21. The number of aliphatic hydroxyl groups is 1. The quantitative estimate of drug-likeness (QED) is 0.859. The first-order valence-electron chi connectivity index (χ1n) is 8.53. The van der Waals surface area contributed by atoms with Gasteiger partial charge in [-0.25, -0.2) is 0 Å². The predicted molar refractivity (Wildman–Crippen MR) is 90.2 cm³/mol. The van der Waals surface area contributed by atoms with Crippen molar-refractivity contribution in [3.63, 3.8) is 0 Å². The van der Waals surface area contributed by atoms with Gasteiger partial charge in [-0.15, -0.1) is 0 Å². The Hall–Kier alpha value is -1.30. The molecule has 1 aromatic carbocycles. The highest BCUT2D eigenvalue weighted by molar-refractivity contribution is 5.42. The molecule has 0 amide bonds. The molecule has 0 aliphatic carbocycles. The molecule has 23 heavy (non-hydrogen) atoms. The lowest BCUT2D eigenvalue weighted by Gasteiger charge is -2.47. The summed E-state index contributed by atoms with van der Waals surface area (Å²) in [4.78, 5) is 2.40. The first-order valence-corrected chi connectivity index (χ1v) is 8.53. The van der Waals surface area contributed by atoms with Crippen molar-refractivity contribution in [2.24, 2.45) is 5.92 Å². The summed E-state index contributed by atoms with van der Waals surface area (Å²) in [6.07, 6.45) is 1.75. The number of nitrogens with zero attached hydrogens (tertiary/aromatic N) is 1. The van der Waals surface area contributed by atoms with Gasteiger partial charge in [0.25, 0.3) is 0 Å². The number of hydrogen-bond acceptors (Lipinski definition) is 5. The van der Waals surface area contributed by atoms with E-state index in [1.165, 1.54) is 0 Å². The molecule has 0 spiro atoms. The monoisotopic (exact) mass is 320 g/mol. The van der Waals surface area contributed by atoms with Crippen LogP contribution in [-0.2, 0) is 0 Å². The Kier molecular flexibility index (Phi) is 5.09.